The lowest BCUT2D eigenvalue weighted by Gasteiger charge is -2.26. The molecule has 1 saturated heterocycles. The van der Waals surface area contributed by atoms with Gasteiger partial charge in [-0.1, -0.05) is 35.9 Å². The highest BCUT2D eigenvalue weighted by Gasteiger charge is 2.13. The van der Waals surface area contributed by atoms with Crippen LogP contribution in [-0.4, -0.2) is 50.2 Å². The molecule has 6 nitrogen and oxygen atoms in total. The number of hydrogen-bond donors (Lipinski definition) is 2. The van der Waals surface area contributed by atoms with Gasteiger partial charge >= 0.3 is 0 Å². The van der Waals surface area contributed by atoms with E-state index in [4.69, 9.17) is 12.2 Å². The molecule has 3 aromatic rings. The minimum Gasteiger partial charge on any atom is -0.326 e. The van der Waals surface area contributed by atoms with Crippen molar-refractivity contribution in [1.29, 1.82) is 0 Å². The molecule has 0 atom stereocenters. The molecule has 32 heavy (non-hydrogen) atoms. The quantitative estimate of drug-likeness (QED) is 0.489. The Hall–Kier alpha value is -2.42. The van der Waals surface area contributed by atoms with E-state index in [-0.39, 0.29) is 5.91 Å². The van der Waals surface area contributed by atoms with E-state index in [2.05, 4.69) is 38.6 Å². The van der Waals surface area contributed by atoms with Gasteiger partial charge in [-0.3, -0.25) is 19.4 Å². The van der Waals surface area contributed by atoms with Gasteiger partial charge in [0.15, 0.2) is 10.6 Å². The first-order valence-corrected chi connectivity index (χ1v) is 12.5. The van der Waals surface area contributed by atoms with Gasteiger partial charge in [-0.05, 0) is 49.3 Å². The third-order valence-corrected chi connectivity index (χ3v) is 6.93. The average molecular weight is 468 g/mol. The van der Waals surface area contributed by atoms with Gasteiger partial charge in [-0.15, -0.1) is 0 Å². The molecule has 1 aliphatic rings. The number of benzene rings is 2. The molecule has 4 rings (SSSR count). The van der Waals surface area contributed by atoms with Crippen LogP contribution in [-0.2, 0) is 17.9 Å². The van der Waals surface area contributed by atoms with Crippen LogP contribution in [0.25, 0.3) is 11.4 Å². The number of aromatic amines is 1. The Balaban J connectivity index is 1.37. The minimum absolute atomic E-state index is 0.0350. The van der Waals surface area contributed by atoms with Crippen LogP contribution in [0.15, 0.2) is 42.5 Å². The smallest absolute Gasteiger partial charge is 0.226 e. The van der Waals surface area contributed by atoms with Crippen molar-refractivity contribution in [3.05, 3.63) is 63.9 Å². The van der Waals surface area contributed by atoms with E-state index in [0.717, 1.165) is 47.8 Å². The summed E-state index contributed by atoms with van der Waals surface area (Å²) in [7, 11) is 0. The van der Waals surface area contributed by atoms with Gasteiger partial charge in [0.05, 0.1) is 0 Å². The van der Waals surface area contributed by atoms with Crippen molar-refractivity contribution < 1.29 is 4.79 Å². The summed E-state index contributed by atoms with van der Waals surface area (Å²) in [5.74, 6) is 3.13. The zero-order valence-corrected chi connectivity index (χ0v) is 20.2. The van der Waals surface area contributed by atoms with Crippen LogP contribution >= 0.6 is 24.0 Å². The first-order valence-electron chi connectivity index (χ1n) is 10.9. The summed E-state index contributed by atoms with van der Waals surface area (Å²) in [5.41, 5.74) is 5.38. The van der Waals surface area contributed by atoms with Crippen LogP contribution in [0.5, 0.6) is 0 Å². The number of aromatic nitrogens is 3. The Labute approximate surface area is 198 Å². The summed E-state index contributed by atoms with van der Waals surface area (Å²) < 4.78 is 2.40. The summed E-state index contributed by atoms with van der Waals surface area (Å²) >= 11 is 7.42. The number of thioether (sulfide) groups is 1. The molecule has 0 saturated carbocycles. The molecular formula is C24H29N5OS2. The average Bonchev–Trinajstić information content (AvgIpc) is 3.15. The number of anilines is 1. The standard InChI is InChI=1S/C24H29N5OS2/c1-17-4-3-5-20(14-17)23-26-27-24(31)29(23)9-8-22(30)25-21-7-6-19(15-18(21)2)16-28-10-12-32-13-11-28/h3-7,14-15H,8-13,16H2,1-2H3,(H,25,30)(H,27,31). The second-order valence-electron chi connectivity index (χ2n) is 8.21. The highest BCUT2D eigenvalue weighted by Crippen LogP contribution is 2.21. The van der Waals surface area contributed by atoms with Crippen LogP contribution in [0.1, 0.15) is 23.1 Å². The lowest BCUT2D eigenvalue weighted by atomic mass is 10.1. The SMILES string of the molecule is Cc1cccc(-c2n[nH]c(=S)n2CCC(=O)Nc2ccc(CN3CCSCC3)cc2C)c1. The van der Waals surface area contributed by atoms with Gasteiger partial charge in [0.1, 0.15) is 0 Å². The van der Waals surface area contributed by atoms with Gasteiger partial charge in [0.25, 0.3) is 0 Å². The van der Waals surface area contributed by atoms with Gasteiger partial charge in [-0.25, -0.2) is 0 Å². The normalized spacial score (nSPS) is 14.4. The van der Waals surface area contributed by atoms with Gasteiger partial charge in [0, 0.05) is 55.4 Å². The van der Waals surface area contributed by atoms with E-state index in [1.165, 1.54) is 17.1 Å². The van der Waals surface area contributed by atoms with E-state index >= 15 is 0 Å². The fourth-order valence-electron chi connectivity index (χ4n) is 3.94. The first kappa shape index (κ1) is 22.8. The van der Waals surface area contributed by atoms with Crippen molar-refractivity contribution in [2.75, 3.05) is 29.9 Å². The monoisotopic (exact) mass is 467 g/mol. The summed E-state index contributed by atoms with van der Waals surface area (Å²) in [6.07, 6.45) is 0.319. The molecule has 0 aliphatic carbocycles. The van der Waals surface area contributed by atoms with Crippen LogP contribution in [0.2, 0.25) is 0 Å². The molecule has 168 valence electrons. The molecular weight excluding hydrogens is 438 g/mol. The molecule has 1 aliphatic heterocycles. The fraction of sp³-hybridized carbons (Fsp3) is 0.375. The molecule has 2 aromatic carbocycles. The van der Waals surface area contributed by atoms with Crippen molar-refractivity contribution >= 4 is 35.6 Å². The highest BCUT2D eigenvalue weighted by molar-refractivity contribution is 7.99. The number of carbonyl (C=O) groups is 1. The minimum atomic E-state index is -0.0350. The topological polar surface area (TPSA) is 66.0 Å². The zero-order chi connectivity index (χ0) is 22.5. The van der Waals surface area contributed by atoms with Crippen molar-refractivity contribution in [1.82, 2.24) is 19.7 Å². The molecule has 0 unspecified atom stereocenters. The number of amides is 1. The molecule has 1 aromatic heterocycles. The number of rotatable bonds is 7. The Morgan fingerprint density at radius 3 is 2.75 bits per heavy atom. The number of nitrogens with one attached hydrogen (secondary N) is 2. The Morgan fingerprint density at radius 2 is 2.00 bits per heavy atom. The van der Waals surface area contributed by atoms with E-state index in [9.17, 15) is 4.79 Å². The van der Waals surface area contributed by atoms with Gasteiger partial charge in [0.2, 0.25) is 5.91 Å². The number of carbonyl (C=O) groups excluding carboxylic acids is 1. The van der Waals surface area contributed by atoms with Crippen LogP contribution < -0.4 is 5.32 Å². The highest BCUT2D eigenvalue weighted by atomic mass is 32.2. The molecule has 8 heteroatoms. The van der Waals surface area contributed by atoms with E-state index in [1.54, 1.807) is 0 Å². The second kappa shape index (κ2) is 10.5. The van der Waals surface area contributed by atoms with Gasteiger partial charge in [-0.2, -0.15) is 16.9 Å². The third kappa shape index (κ3) is 5.68. The van der Waals surface area contributed by atoms with Crippen molar-refractivity contribution in [2.24, 2.45) is 0 Å². The predicted octanol–water partition coefficient (Wildman–Crippen LogP) is 4.80. The Kier molecular flexibility index (Phi) is 7.44. The summed E-state index contributed by atoms with van der Waals surface area (Å²) in [6, 6.07) is 14.4. The third-order valence-electron chi connectivity index (χ3n) is 5.67. The molecule has 0 radical (unpaired) electrons. The maximum atomic E-state index is 12.7. The lowest BCUT2D eigenvalue weighted by molar-refractivity contribution is -0.116. The molecule has 2 heterocycles. The molecule has 2 N–H and O–H groups in total. The first-order chi connectivity index (χ1) is 15.5. The zero-order valence-electron chi connectivity index (χ0n) is 18.6. The van der Waals surface area contributed by atoms with Crippen molar-refractivity contribution in [3.8, 4) is 11.4 Å². The molecule has 1 fully saturated rings. The summed E-state index contributed by atoms with van der Waals surface area (Å²) in [4.78, 5) is 15.2. The van der Waals surface area contributed by atoms with E-state index in [0.29, 0.717) is 17.7 Å². The largest absolute Gasteiger partial charge is 0.326 e. The van der Waals surface area contributed by atoms with E-state index in [1.807, 2.05) is 54.4 Å². The number of H-pyrrole nitrogens is 1. The van der Waals surface area contributed by atoms with E-state index < -0.39 is 0 Å². The molecule has 0 bridgehead atoms. The maximum Gasteiger partial charge on any atom is 0.226 e. The Morgan fingerprint density at radius 1 is 1.19 bits per heavy atom. The summed E-state index contributed by atoms with van der Waals surface area (Å²) in [6.45, 7) is 7.81. The van der Waals surface area contributed by atoms with Crippen molar-refractivity contribution in [3.63, 3.8) is 0 Å². The number of nitrogens with zero attached hydrogens (tertiary/aromatic N) is 3. The summed E-state index contributed by atoms with van der Waals surface area (Å²) in [5, 5.41) is 10.3. The fourth-order valence-corrected chi connectivity index (χ4v) is 5.14. The van der Waals surface area contributed by atoms with Gasteiger partial charge < -0.3 is 5.32 Å². The number of hydrogen-bond acceptors (Lipinski definition) is 5. The Bertz CT molecular complexity index is 1150. The maximum absolute atomic E-state index is 12.7. The van der Waals surface area contributed by atoms with Crippen LogP contribution in [0.4, 0.5) is 5.69 Å². The molecule has 1 amide bonds. The molecule has 0 spiro atoms. The lowest BCUT2D eigenvalue weighted by Crippen LogP contribution is -2.31. The number of aryl methyl sites for hydroxylation is 2. The van der Waals surface area contributed by atoms with Crippen LogP contribution in [0, 0.1) is 18.6 Å². The van der Waals surface area contributed by atoms with Crippen molar-refractivity contribution in [2.45, 2.75) is 33.4 Å². The second-order valence-corrected chi connectivity index (χ2v) is 9.82. The predicted molar refractivity (Wildman–Crippen MR) is 135 cm³/mol. The van der Waals surface area contributed by atoms with Crippen LogP contribution in [0.3, 0.4) is 0 Å².